The van der Waals surface area contributed by atoms with Gasteiger partial charge in [-0.15, -0.1) is 0 Å². The molecule has 14 aromatic rings. The number of hydrogen-bond donors (Lipinski definition) is 0. The molecule has 4 aliphatic rings. The Labute approximate surface area is 632 Å². The first kappa shape index (κ1) is 67.2. The standard InChI is InChI=1S/C96H88B2N4Si4/c1-103(2,3)71-54-58-87-81(61-71)98-82-62-74(55-59-88(82)100(84-45-26-22-41-76(84)68-35-17-13-18-36-68)90-49-30-48-89(96(90)98)99(87)83-44-25-21-40-75(83)67-33-15-12-16-34-67)106(10,11)65-66-32-29-39-70(60-66)78-43-24-28-47-86(78)102-92-51-31-50-91-95(92)97(80-57-53-73(64-94(80)102)105(7,8)9)79-56-52-72(104(4,5)6)63-93(79)101(91)85-46-27-23-42-77(85)69-37-19-14-20-38-69/h12-64H,65H2,1-11H3. The Morgan fingerprint density at radius 3 is 0.906 bits per heavy atom. The molecule has 10 heteroatoms. The van der Waals surface area contributed by atoms with Crippen LogP contribution in [-0.2, 0) is 6.04 Å². The lowest BCUT2D eigenvalue weighted by atomic mass is 9.33. The molecule has 0 atom stereocenters. The maximum absolute atomic E-state index is 2.68. The highest BCUT2D eigenvalue weighted by Crippen LogP contribution is 2.51. The van der Waals surface area contributed by atoms with E-state index in [1.165, 1.54) is 172 Å². The van der Waals surface area contributed by atoms with Crippen molar-refractivity contribution >= 4 is 167 Å². The van der Waals surface area contributed by atoms with Crippen LogP contribution in [0.2, 0.25) is 72.0 Å². The molecule has 0 saturated carbocycles. The number of nitrogens with zero attached hydrogens (tertiary/aromatic N) is 4. The molecule has 0 spiro atoms. The van der Waals surface area contributed by atoms with Crippen LogP contribution < -0.4 is 73.1 Å². The van der Waals surface area contributed by atoms with E-state index >= 15 is 0 Å². The highest BCUT2D eigenvalue weighted by Gasteiger charge is 2.47. The van der Waals surface area contributed by atoms with Crippen LogP contribution >= 0.6 is 0 Å². The first-order valence-electron chi connectivity index (χ1n) is 37.9. The third kappa shape index (κ3) is 11.4. The molecule has 18 rings (SSSR count). The van der Waals surface area contributed by atoms with Crippen LogP contribution in [0.4, 0.5) is 68.2 Å². The molecule has 4 heterocycles. The van der Waals surface area contributed by atoms with Crippen LogP contribution in [0, 0.1) is 0 Å². The molecule has 0 aliphatic carbocycles. The van der Waals surface area contributed by atoms with E-state index in [1.54, 1.807) is 0 Å². The van der Waals surface area contributed by atoms with Crippen molar-refractivity contribution in [2.24, 2.45) is 0 Å². The van der Waals surface area contributed by atoms with Crippen LogP contribution in [-0.4, -0.2) is 45.7 Å². The topological polar surface area (TPSA) is 13.0 Å². The van der Waals surface area contributed by atoms with Crippen LogP contribution in [0.5, 0.6) is 0 Å². The molecule has 14 aromatic carbocycles. The molecule has 106 heavy (non-hydrogen) atoms. The average Bonchev–Trinajstić information content (AvgIpc) is 0.700. The van der Waals surface area contributed by atoms with Crippen molar-refractivity contribution in [2.75, 3.05) is 19.6 Å². The van der Waals surface area contributed by atoms with E-state index in [1.807, 2.05) is 0 Å². The van der Waals surface area contributed by atoms with E-state index in [2.05, 4.69) is 413 Å². The first-order valence-corrected chi connectivity index (χ1v) is 51.6. The van der Waals surface area contributed by atoms with Crippen LogP contribution in [0.15, 0.2) is 322 Å². The summed E-state index contributed by atoms with van der Waals surface area (Å²) in [4.78, 5) is 10.5. The van der Waals surface area contributed by atoms with Crippen molar-refractivity contribution in [3.05, 3.63) is 327 Å². The molecular formula is C96H88B2N4Si4. The van der Waals surface area contributed by atoms with Gasteiger partial charge in [-0.2, -0.15) is 0 Å². The van der Waals surface area contributed by atoms with Gasteiger partial charge < -0.3 is 19.6 Å². The first-order chi connectivity index (χ1) is 51.3. The number of rotatable bonds is 14. The number of para-hydroxylation sites is 4. The van der Waals surface area contributed by atoms with E-state index in [0.29, 0.717) is 0 Å². The maximum atomic E-state index is 2.68. The third-order valence-electron chi connectivity index (χ3n) is 23.1. The largest absolute Gasteiger partial charge is 0.311 e. The summed E-state index contributed by atoms with van der Waals surface area (Å²) in [6.45, 7) is 27.6. The predicted octanol–water partition coefficient (Wildman–Crippen LogP) is 19.9. The lowest BCUT2D eigenvalue weighted by Gasteiger charge is -2.45. The summed E-state index contributed by atoms with van der Waals surface area (Å²) in [6, 6.07) is 125. The van der Waals surface area contributed by atoms with Crippen molar-refractivity contribution in [1.82, 2.24) is 0 Å². The fourth-order valence-corrected chi connectivity index (χ4v) is 23.7. The number of hydrogen-bond acceptors (Lipinski definition) is 4. The predicted molar refractivity (Wildman–Crippen MR) is 472 cm³/mol. The second kappa shape index (κ2) is 25.8. The Bertz CT molecular complexity index is 5790. The number of fused-ring (bicyclic) bond motifs is 8. The second-order valence-electron chi connectivity index (χ2n) is 33.4. The number of anilines is 12. The van der Waals surface area contributed by atoms with E-state index in [0.717, 1.165) is 6.04 Å². The monoisotopic (exact) mass is 1430 g/mol. The van der Waals surface area contributed by atoms with Gasteiger partial charge in [0.2, 0.25) is 0 Å². The minimum Gasteiger partial charge on any atom is -0.311 e. The Hall–Kier alpha value is -10.7. The Kier molecular flexibility index (Phi) is 16.4. The zero-order valence-electron chi connectivity index (χ0n) is 62.8. The summed E-state index contributed by atoms with van der Waals surface area (Å²) in [7, 11) is -7.77. The van der Waals surface area contributed by atoms with Gasteiger partial charge in [-0.1, -0.05) is 341 Å². The van der Waals surface area contributed by atoms with E-state index in [-0.39, 0.29) is 13.4 Å². The SMILES string of the molecule is C[Si](C)(C)c1ccc2c(c1)B1c3cc([Si](C)(C)Cc4cccc(-c5ccccc5N5c6cc([Si](C)(C)C)ccc6B6c7ccc([Si](C)(C)C)cc7N(c7ccccc7-c7ccccc7)c7cccc5c76)c4)ccc3N(c3ccccc3-c3ccccc3)c3cccc(c31)N2c1ccccc1-c1ccccc1. The summed E-state index contributed by atoms with van der Waals surface area (Å²) >= 11 is 0. The van der Waals surface area contributed by atoms with Crippen molar-refractivity contribution in [2.45, 2.75) is 78.1 Å². The van der Waals surface area contributed by atoms with Gasteiger partial charge in [0.1, 0.15) is 0 Å². The highest BCUT2D eigenvalue weighted by atomic mass is 28.3. The fourth-order valence-electron chi connectivity index (χ4n) is 17.7. The summed E-state index contributed by atoms with van der Waals surface area (Å²) in [5.74, 6) is 0. The molecule has 0 amide bonds. The second-order valence-corrected chi connectivity index (χ2v) is 53.3. The molecule has 0 N–H and O–H groups in total. The average molecular weight is 1430 g/mol. The lowest BCUT2D eigenvalue weighted by Crippen LogP contribution is -2.63. The van der Waals surface area contributed by atoms with Crippen molar-refractivity contribution < 1.29 is 0 Å². The summed E-state index contributed by atoms with van der Waals surface area (Å²) in [5.41, 5.74) is 33.8. The molecule has 4 aliphatic heterocycles. The van der Waals surface area contributed by atoms with Crippen molar-refractivity contribution in [1.29, 1.82) is 0 Å². The molecule has 0 aromatic heterocycles. The van der Waals surface area contributed by atoms with Crippen molar-refractivity contribution in [3.8, 4) is 44.5 Å². The summed E-state index contributed by atoms with van der Waals surface area (Å²) in [5, 5.41) is 5.84. The summed E-state index contributed by atoms with van der Waals surface area (Å²) in [6.07, 6.45) is 0. The summed E-state index contributed by atoms with van der Waals surface area (Å²) < 4.78 is 0. The molecule has 0 bridgehead atoms. The molecular weight excluding hydrogens is 1340 g/mol. The van der Waals surface area contributed by atoms with E-state index < -0.39 is 32.3 Å². The Morgan fingerprint density at radius 1 is 0.217 bits per heavy atom. The van der Waals surface area contributed by atoms with Gasteiger partial charge in [-0.3, -0.25) is 0 Å². The molecule has 4 nitrogen and oxygen atoms in total. The number of benzene rings is 14. The van der Waals surface area contributed by atoms with E-state index in [4.69, 9.17) is 0 Å². The fraction of sp³-hybridized carbons (Fsp3) is 0.125. The van der Waals surface area contributed by atoms with Gasteiger partial charge in [-0.05, 0) is 139 Å². The quantitative estimate of drug-likeness (QED) is 0.101. The van der Waals surface area contributed by atoms with Gasteiger partial charge in [0.15, 0.2) is 0 Å². The highest BCUT2D eigenvalue weighted by molar-refractivity contribution is 7.02. The zero-order valence-corrected chi connectivity index (χ0v) is 66.8. The zero-order chi connectivity index (χ0) is 72.5. The molecule has 514 valence electrons. The van der Waals surface area contributed by atoms with Crippen LogP contribution in [0.1, 0.15) is 5.56 Å². The lowest BCUT2D eigenvalue weighted by molar-refractivity contribution is 1.25. The molecule has 0 fully saturated rings. The van der Waals surface area contributed by atoms with Gasteiger partial charge in [-0.25, -0.2) is 0 Å². The molecule has 0 unspecified atom stereocenters. The van der Waals surface area contributed by atoms with E-state index in [9.17, 15) is 0 Å². The minimum atomic E-state index is -2.35. The Morgan fingerprint density at radius 2 is 0.509 bits per heavy atom. The maximum Gasteiger partial charge on any atom is 0.252 e. The van der Waals surface area contributed by atoms with Crippen LogP contribution in [0.3, 0.4) is 0 Å². The normalized spacial score (nSPS) is 13.5. The smallest absolute Gasteiger partial charge is 0.252 e. The van der Waals surface area contributed by atoms with Gasteiger partial charge >= 0.3 is 0 Å². The molecule has 0 radical (unpaired) electrons. The van der Waals surface area contributed by atoms with Gasteiger partial charge in [0.05, 0.1) is 55.0 Å². The van der Waals surface area contributed by atoms with Crippen LogP contribution in [0.25, 0.3) is 44.5 Å². The third-order valence-corrected chi connectivity index (χ3v) is 32.4. The Balaban J connectivity index is 0.779. The van der Waals surface area contributed by atoms with Crippen molar-refractivity contribution in [3.63, 3.8) is 0 Å². The van der Waals surface area contributed by atoms with Gasteiger partial charge in [0.25, 0.3) is 13.4 Å². The minimum absolute atomic E-state index is 0.0165. The molecule has 0 saturated heterocycles. The van der Waals surface area contributed by atoms with Gasteiger partial charge in [0, 0.05) is 67.8 Å².